The summed E-state index contributed by atoms with van der Waals surface area (Å²) in [5.41, 5.74) is 1.24. The first-order valence-electron chi connectivity index (χ1n) is 6.80. The second kappa shape index (κ2) is 6.15. The fourth-order valence-corrected chi connectivity index (χ4v) is 2.09. The molecule has 1 aromatic carbocycles. The molecule has 1 atom stereocenters. The van der Waals surface area contributed by atoms with Crippen molar-refractivity contribution in [2.75, 3.05) is 6.61 Å². The first-order valence-corrected chi connectivity index (χ1v) is 7.18. The number of halogens is 1. The van der Waals surface area contributed by atoms with E-state index in [-0.39, 0.29) is 12.5 Å². The number of hydrogen-bond donors (Lipinski definition) is 1. The summed E-state index contributed by atoms with van der Waals surface area (Å²) in [6.07, 6.45) is 0. The van der Waals surface area contributed by atoms with E-state index >= 15 is 0 Å². The van der Waals surface area contributed by atoms with Crippen LogP contribution in [0.25, 0.3) is 0 Å². The Kier molecular flexibility index (Phi) is 5.28. The summed E-state index contributed by atoms with van der Waals surface area (Å²) in [6.45, 7) is 12.2. The molecule has 0 aliphatic carbocycles. The van der Waals surface area contributed by atoms with Crippen LogP contribution >= 0.6 is 11.6 Å². The van der Waals surface area contributed by atoms with Crippen molar-refractivity contribution in [3.8, 4) is 5.75 Å². The average Bonchev–Trinajstić information content (AvgIpc) is 2.27. The number of aryl methyl sites for hydroxylation is 1. The summed E-state index contributed by atoms with van der Waals surface area (Å²) >= 11 is 6.23. The van der Waals surface area contributed by atoms with E-state index in [2.05, 4.69) is 13.8 Å². The molecule has 0 aliphatic rings. The molecule has 0 bridgehead atoms. The number of benzene rings is 1. The summed E-state index contributed by atoms with van der Waals surface area (Å²) in [4.78, 5) is 0. The molecule has 0 saturated carbocycles. The number of hydrogen-bond acceptors (Lipinski definition) is 2. The maximum atomic E-state index is 10.2. The van der Waals surface area contributed by atoms with E-state index in [0.717, 1.165) is 21.9 Å². The van der Waals surface area contributed by atoms with Crippen LogP contribution in [0.4, 0.5) is 0 Å². The molecule has 0 fully saturated rings. The van der Waals surface area contributed by atoms with Crippen LogP contribution in [-0.4, -0.2) is 17.3 Å². The van der Waals surface area contributed by atoms with E-state index in [1.54, 1.807) is 6.92 Å². The van der Waals surface area contributed by atoms with Gasteiger partial charge in [0.2, 0.25) is 0 Å². The Hall–Kier alpha value is -0.730. The van der Waals surface area contributed by atoms with Crippen molar-refractivity contribution in [1.82, 2.24) is 0 Å². The Morgan fingerprint density at radius 1 is 1.26 bits per heavy atom. The third kappa shape index (κ3) is 4.12. The molecule has 0 amide bonds. The van der Waals surface area contributed by atoms with Gasteiger partial charge in [-0.3, -0.25) is 0 Å². The zero-order valence-corrected chi connectivity index (χ0v) is 13.5. The summed E-state index contributed by atoms with van der Waals surface area (Å²) < 4.78 is 5.80. The topological polar surface area (TPSA) is 29.5 Å². The van der Waals surface area contributed by atoms with Gasteiger partial charge in [-0.1, -0.05) is 39.3 Å². The first kappa shape index (κ1) is 16.3. The lowest BCUT2D eigenvalue weighted by Crippen LogP contribution is -2.37. The molecule has 1 rings (SSSR count). The highest BCUT2D eigenvalue weighted by Crippen LogP contribution is 2.32. The summed E-state index contributed by atoms with van der Waals surface area (Å²) in [7, 11) is 0. The van der Waals surface area contributed by atoms with Crippen LogP contribution in [0, 0.1) is 12.8 Å². The zero-order valence-electron chi connectivity index (χ0n) is 12.7. The largest absolute Gasteiger partial charge is 0.490 e. The van der Waals surface area contributed by atoms with Gasteiger partial charge >= 0.3 is 0 Å². The van der Waals surface area contributed by atoms with Gasteiger partial charge in [0.05, 0.1) is 5.60 Å². The highest BCUT2D eigenvalue weighted by molar-refractivity contribution is 6.31. The molecule has 19 heavy (non-hydrogen) atoms. The van der Waals surface area contributed by atoms with Gasteiger partial charge in [0, 0.05) is 5.02 Å². The molecule has 1 aromatic rings. The van der Waals surface area contributed by atoms with Crippen LogP contribution in [0.5, 0.6) is 5.75 Å². The fourth-order valence-electron chi connectivity index (χ4n) is 1.66. The zero-order chi connectivity index (χ0) is 14.8. The lowest BCUT2D eigenvalue weighted by Gasteiger charge is -2.28. The first-order chi connectivity index (χ1) is 8.65. The monoisotopic (exact) mass is 284 g/mol. The maximum Gasteiger partial charge on any atom is 0.122 e. The van der Waals surface area contributed by atoms with Crippen molar-refractivity contribution < 1.29 is 9.84 Å². The minimum atomic E-state index is -0.829. The molecule has 0 aliphatic heterocycles. The molecule has 1 unspecified atom stereocenters. The van der Waals surface area contributed by atoms with Crippen LogP contribution < -0.4 is 4.74 Å². The fraction of sp³-hybridized carbons (Fsp3) is 0.625. The minimum Gasteiger partial charge on any atom is -0.490 e. The predicted octanol–water partition coefficient (Wildman–Crippen LogP) is 4.56. The van der Waals surface area contributed by atoms with E-state index in [4.69, 9.17) is 16.3 Å². The summed E-state index contributed by atoms with van der Waals surface area (Å²) in [5, 5.41) is 11.0. The normalized spacial score (nSPS) is 14.8. The van der Waals surface area contributed by atoms with Crippen molar-refractivity contribution in [2.24, 2.45) is 5.92 Å². The van der Waals surface area contributed by atoms with E-state index in [1.165, 1.54) is 0 Å². The molecule has 3 heteroatoms. The van der Waals surface area contributed by atoms with Gasteiger partial charge in [0.15, 0.2) is 0 Å². The molecule has 108 valence electrons. The number of aliphatic hydroxyl groups is 1. The van der Waals surface area contributed by atoms with Crippen molar-refractivity contribution in [1.29, 1.82) is 0 Å². The molecule has 0 spiro atoms. The maximum absolute atomic E-state index is 10.2. The van der Waals surface area contributed by atoms with E-state index < -0.39 is 5.60 Å². The highest BCUT2D eigenvalue weighted by Gasteiger charge is 2.26. The predicted molar refractivity (Wildman–Crippen MR) is 81.2 cm³/mol. The Bertz CT molecular complexity index is 437. The summed E-state index contributed by atoms with van der Waals surface area (Å²) in [6, 6.07) is 3.91. The van der Waals surface area contributed by atoms with E-state index in [0.29, 0.717) is 5.92 Å². The molecule has 0 aromatic heterocycles. The third-order valence-corrected chi connectivity index (χ3v) is 4.01. The standard InChI is InChI=1S/C16H25ClO2/c1-10(2)13-8-15(12(5)7-14(13)17)19-9-16(6,18)11(3)4/h7-8,10-11,18H,9H2,1-6H3. The molecule has 1 N–H and O–H groups in total. The van der Waals surface area contributed by atoms with Crippen molar-refractivity contribution >= 4 is 11.6 Å². The van der Waals surface area contributed by atoms with Crippen molar-refractivity contribution in [2.45, 2.75) is 53.1 Å². The Morgan fingerprint density at radius 2 is 1.84 bits per heavy atom. The summed E-state index contributed by atoms with van der Waals surface area (Å²) in [5.74, 6) is 1.29. The van der Waals surface area contributed by atoms with Gasteiger partial charge in [0.1, 0.15) is 12.4 Å². The van der Waals surface area contributed by atoms with Gasteiger partial charge in [-0.2, -0.15) is 0 Å². The van der Waals surface area contributed by atoms with Gasteiger partial charge in [-0.05, 0) is 48.9 Å². The smallest absolute Gasteiger partial charge is 0.122 e. The number of ether oxygens (including phenoxy) is 1. The second-order valence-electron chi connectivity index (χ2n) is 6.09. The van der Waals surface area contributed by atoms with E-state index in [1.807, 2.05) is 32.9 Å². The molecule has 2 nitrogen and oxygen atoms in total. The number of rotatable bonds is 5. The lowest BCUT2D eigenvalue weighted by molar-refractivity contribution is -0.0268. The Balaban J connectivity index is 2.93. The molecular weight excluding hydrogens is 260 g/mol. The quantitative estimate of drug-likeness (QED) is 0.859. The van der Waals surface area contributed by atoms with Gasteiger partial charge in [-0.25, -0.2) is 0 Å². The van der Waals surface area contributed by atoms with Crippen molar-refractivity contribution in [3.05, 3.63) is 28.3 Å². The Labute approximate surface area is 121 Å². The van der Waals surface area contributed by atoms with Crippen LogP contribution in [0.1, 0.15) is 51.7 Å². The van der Waals surface area contributed by atoms with E-state index in [9.17, 15) is 5.11 Å². The SMILES string of the molecule is Cc1cc(Cl)c(C(C)C)cc1OCC(C)(O)C(C)C. The third-order valence-electron chi connectivity index (χ3n) is 3.68. The van der Waals surface area contributed by atoms with Crippen LogP contribution in [-0.2, 0) is 0 Å². The highest BCUT2D eigenvalue weighted by atomic mass is 35.5. The van der Waals surface area contributed by atoms with Crippen LogP contribution in [0.15, 0.2) is 12.1 Å². The molecule has 0 saturated heterocycles. The van der Waals surface area contributed by atoms with Gasteiger partial charge in [0.25, 0.3) is 0 Å². The van der Waals surface area contributed by atoms with Crippen LogP contribution in [0.3, 0.4) is 0 Å². The Morgan fingerprint density at radius 3 is 2.32 bits per heavy atom. The lowest BCUT2D eigenvalue weighted by atomic mass is 9.93. The van der Waals surface area contributed by atoms with Crippen molar-refractivity contribution in [3.63, 3.8) is 0 Å². The average molecular weight is 285 g/mol. The molecular formula is C16H25ClO2. The molecule has 0 radical (unpaired) electrons. The van der Waals surface area contributed by atoms with Crippen LogP contribution in [0.2, 0.25) is 5.02 Å². The minimum absolute atomic E-state index is 0.143. The van der Waals surface area contributed by atoms with Gasteiger partial charge < -0.3 is 9.84 Å². The second-order valence-corrected chi connectivity index (χ2v) is 6.50. The molecule has 0 heterocycles. The van der Waals surface area contributed by atoms with Gasteiger partial charge in [-0.15, -0.1) is 0 Å².